The summed E-state index contributed by atoms with van der Waals surface area (Å²) in [4.78, 5) is 4.52. The summed E-state index contributed by atoms with van der Waals surface area (Å²) in [5.41, 5.74) is 3.19. The van der Waals surface area contributed by atoms with Crippen LogP contribution < -0.4 is 9.84 Å². The molecule has 5 heteroatoms. The van der Waals surface area contributed by atoms with Crippen LogP contribution in [0.5, 0.6) is 5.75 Å². The Hall–Kier alpha value is -2.73. The van der Waals surface area contributed by atoms with E-state index in [0.29, 0.717) is 11.8 Å². The van der Waals surface area contributed by atoms with Gasteiger partial charge >= 0.3 is 0 Å². The van der Waals surface area contributed by atoms with Crippen LogP contribution in [-0.2, 0) is 6.54 Å². The molecule has 1 aromatic heterocycles. The lowest BCUT2D eigenvalue weighted by molar-refractivity contribution is -0.984. The number of pyridine rings is 1. The number of piperidine rings is 3. The van der Waals surface area contributed by atoms with Crippen molar-refractivity contribution in [2.45, 2.75) is 31.5 Å². The minimum Gasteiger partial charge on any atom is -0.857 e. The van der Waals surface area contributed by atoms with Crippen LogP contribution in [0.15, 0.2) is 73.4 Å². The number of hydrogen-bond acceptors (Lipinski definition) is 4. The predicted octanol–water partition coefficient (Wildman–Crippen LogP) is 3.86. The summed E-state index contributed by atoms with van der Waals surface area (Å²) in [5.74, 6) is 1.92. The van der Waals surface area contributed by atoms with E-state index in [1.165, 1.54) is 12.0 Å². The molecular formula is C28H34N2O3. The van der Waals surface area contributed by atoms with Crippen molar-refractivity contribution in [1.82, 2.24) is 4.98 Å². The van der Waals surface area contributed by atoms with Gasteiger partial charge in [-0.25, -0.2) is 0 Å². The van der Waals surface area contributed by atoms with Crippen molar-refractivity contribution < 1.29 is 19.4 Å². The summed E-state index contributed by atoms with van der Waals surface area (Å²) in [7, 11) is 2.43. The van der Waals surface area contributed by atoms with Crippen LogP contribution in [0, 0.1) is 11.8 Å². The fraction of sp³-hybridized carbons (Fsp3) is 0.393. The molecule has 2 aromatic carbocycles. The van der Waals surface area contributed by atoms with Crippen molar-refractivity contribution in [1.29, 1.82) is 0 Å². The van der Waals surface area contributed by atoms with Gasteiger partial charge in [0.2, 0.25) is 0 Å². The van der Waals surface area contributed by atoms with Crippen molar-refractivity contribution in [2.24, 2.45) is 11.8 Å². The largest absolute Gasteiger partial charge is 0.857 e. The molecule has 3 aromatic rings. The number of aromatic nitrogens is 1. The molecule has 1 N–H and O–H groups in total. The number of ether oxygens (including phenoxy) is 1. The van der Waals surface area contributed by atoms with Crippen LogP contribution in [-0.4, -0.2) is 47.9 Å². The van der Waals surface area contributed by atoms with Crippen molar-refractivity contribution >= 4 is 10.9 Å². The van der Waals surface area contributed by atoms with Crippen LogP contribution in [0.3, 0.4) is 0 Å². The zero-order valence-electron chi connectivity index (χ0n) is 19.6. The average molecular weight is 447 g/mol. The van der Waals surface area contributed by atoms with Crippen molar-refractivity contribution in [3.8, 4) is 5.75 Å². The van der Waals surface area contributed by atoms with Crippen LogP contribution in [0.2, 0.25) is 0 Å². The summed E-state index contributed by atoms with van der Waals surface area (Å²) in [6.45, 7) is 7.25. The summed E-state index contributed by atoms with van der Waals surface area (Å²) >= 11 is 0. The highest BCUT2D eigenvalue weighted by Crippen LogP contribution is 2.48. The lowest BCUT2D eigenvalue weighted by Crippen LogP contribution is -2.67. The van der Waals surface area contributed by atoms with E-state index >= 15 is 0 Å². The number of fused-ring (bicyclic) bond motifs is 4. The molecule has 6 rings (SSSR count). The van der Waals surface area contributed by atoms with Crippen molar-refractivity contribution in [2.75, 3.05) is 27.3 Å². The Morgan fingerprint density at radius 3 is 2.73 bits per heavy atom. The zero-order valence-corrected chi connectivity index (χ0v) is 19.6. The highest BCUT2D eigenvalue weighted by Gasteiger charge is 2.53. The fourth-order valence-corrected chi connectivity index (χ4v) is 6.07. The van der Waals surface area contributed by atoms with Gasteiger partial charge in [-0.15, -0.1) is 6.58 Å². The summed E-state index contributed by atoms with van der Waals surface area (Å²) in [6, 6.07) is 18.8. The molecule has 4 heterocycles. The molecule has 0 spiro atoms. The maximum Gasteiger partial charge on any atom is 0.131 e. The van der Waals surface area contributed by atoms with E-state index in [2.05, 4.69) is 48.0 Å². The van der Waals surface area contributed by atoms with Gasteiger partial charge in [-0.05, 0) is 35.7 Å². The van der Waals surface area contributed by atoms with Crippen LogP contribution in [0.4, 0.5) is 0 Å². The average Bonchev–Trinajstić information content (AvgIpc) is 2.89. The Kier molecular flexibility index (Phi) is 7.13. The van der Waals surface area contributed by atoms with E-state index in [1.54, 1.807) is 7.11 Å². The van der Waals surface area contributed by atoms with Crippen LogP contribution in [0.25, 0.3) is 10.9 Å². The second kappa shape index (κ2) is 10.0. The van der Waals surface area contributed by atoms with Gasteiger partial charge in [0, 0.05) is 35.9 Å². The number of benzene rings is 2. The Morgan fingerprint density at radius 2 is 2.00 bits per heavy atom. The first kappa shape index (κ1) is 23.4. The lowest BCUT2D eigenvalue weighted by Gasteiger charge is -2.58. The first-order valence-corrected chi connectivity index (χ1v) is 11.7. The minimum absolute atomic E-state index is 0.159. The summed E-state index contributed by atoms with van der Waals surface area (Å²) in [6.07, 6.45) is 5.65. The number of rotatable bonds is 6. The standard InChI is InChI=1S/C27H31N2O2.CH3O/c1-3-20-18-29(17-19-7-5-4-6-8-19)14-12-21(20)15-26(29)27(30)23-11-13-28-25-10-9-22(31-2)16-24(23)25;1-2/h3-11,13,16,20-21,26-27,30H,1,12,14-15,17-18H2,2H3;1H3/q+1;-1/t20-,21-,26-,27+,29+;/m0./s1. The quantitative estimate of drug-likeness (QED) is 0.461. The Morgan fingerprint density at radius 1 is 1.21 bits per heavy atom. The molecule has 3 saturated heterocycles. The van der Waals surface area contributed by atoms with E-state index in [-0.39, 0.29) is 6.04 Å². The molecule has 174 valence electrons. The topological polar surface area (TPSA) is 65.4 Å². The van der Waals surface area contributed by atoms with Gasteiger partial charge < -0.3 is 19.4 Å². The number of methoxy groups -OCH3 is 1. The van der Waals surface area contributed by atoms with Crippen molar-refractivity contribution in [3.05, 3.63) is 84.6 Å². The van der Waals surface area contributed by atoms with Gasteiger partial charge in [0.25, 0.3) is 0 Å². The molecule has 2 bridgehead atoms. The maximum atomic E-state index is 11.8. The molecular weight excluding hydrogens is 412 g/mol. The fourth-order valence-electron chi connectivity index (χ4n) is 6.07. The van der Waals surface area contributed by atoms with Gasteiger partial charge in [-0.1, -0.05) is 36.4 Å². The second-order valence-electron chi connectivity index (χ2n) is 9.25. The molecule has 0 unspecified atom stereocenters. The maximum absolute atomic E-state index is 11.8. The highest BCUT2D eigenvalue weighted by molar-refractivity contribution is 5.83. The van der Waals surface area contributed by atoms with E-state index in [4.69, 9.17) is 9.84 Å². The number of quaternary nitrogens is 1. The third-order valence-electron chi connectivity index (χ3n) is 7.68. The molecule has 0 amide bonds. The van der Waals surface area contributed by atoms with E-state index in [0.717, 1.165) is 59.9 Å². The van der Waals surface area contributed by atoms with E-state index in [9.17, 15) is 5.11 Å². The number of nitrogens with zero attached hydrogens (tertiary/aromatic N) is 2. The molecule has 5 nitrogen and oxygen atoms in total. The number of hydrogen-bond donors (Lipinski definition) is 1. The molecule has 5 atom stereocenters. The predicted molar refractivity (Wildman–Crippen MR) is 130 cm³/mol. The number of aliphatic hydroxyl groups excluding tert-OH is 1. The van der Waals surface area contributed by atoms with Gasteiger partial charge in [0.05, 0.1) is 25.7 Å². The molecule has 33 heavy (non-hydrogen) atoms. The summed E-state index contributed by atoms with van der Waals surface area (Å²) < 4.78 is 6.38. The highest BCUT2D eigenvalue weighted by atomic mass is 16.5. The van der Waals surface area contributed by atoms with Gasteiger partial charge in [0.15, 0.2) is 0 Å². The Balaban J connectivity index is 0.00000126. The van der Waals surface area contributed by atoms with Gasteiger partial charge in [-0.3, -0.25) is 4.98 Å². The Labute approximate surface area is 196 Å². The number of aliphatic hydroxyl groups is 1. The molecule has 3 aliphatic rings. The monoisotopic (exact) mass is 446 g/mol. The van der Waals surface area contributed by atoms with Gasteiger partial charge in [0.1, 0.15) is 24.4 Å². The van der Waals surface area contributed by atoms with Crippen molar-refractivity contribution in [3.63, 3.8) is 0 Å². The Bertz CT molecular complexity index is 1090. The first-order chi connectivity index (χ1) is 16.1. The first-order valence-electron chi connectivity index (χ1n) is 11.7. The van der Waals surface area contributed by atoms with Crippen LogP contribution in [0.1, 0.15) is 30.1 Å². The molecule has 0 radical (unpaired) electrons. The molecule has 0 aliphatic carbocycles. The molecule has 3 aliphatic heterocycles. The lowest BCUT2D eigenvalue weighted by atomic mass is 9.71. The second-order valence-corrected chi connectivity index (χ2v) is 9.25. The van der Waals surface area contributed by atoms with E-state index < -0.39 is 6.10 Å². The minimum atomic E-state index is -0.546. The van der Waals surface area contributed by atoms with Crippen LogP contribution >= 0.6 is 0 Å². The normalized spacial score (nSPS) is 26.8. The van der Waals surface area contributed by atoms with E-state index in [1.807, 2.05) is 30.5 Å². The van der Waals surface area contributed by atoms with Gasteiger partial charge in [-0.2, -0.15) is 7.11 Å². The smallest absolute Gasteiger partial charge is 0.131 e. The zero-order chi connectivity index (χ0) is 23.4. The third-order valence-corrected chi connectivity index (χ3v) is 7.68. The molecule has 0 saturated carbocycles. The molecule has 3 fully saturated rings. The summed E-state index contributed by atoms with van der Waals surface area (Å²) in [5, 5.41) is 21.1. The SMILES string of the molecule is C=C[C@H]1C[N@+]2(Cc3ccccc3)CC[C@H]1C[C@H]2[C@H](O)c1ccnc2ccc(OC)cc12.C[O-]. The third kappa shape index (κ3) is 4.41.